The second-order valence-electron chi connectivity index (χ2n) is 7.02. The molecule has 142 valence electrons. The second-order valence-corrected chi connectivity index (χ2v) is 7.84. The molecule has 0 amide bonds. The number of Topliss-reactive ketones (excluding diaryl/α,β-unsaturated/α-hetero) is 1. The van der Waals surface area contributed by atoms with E-state index in [1.807, 2.05) is 25.1 Å². The molecule has 3 aromatic carbocycles. The minimum absolute atomic E-state index is 0.0411. The highest BCUT2D eigenvalue weighted by Crippen LogP contribution is 2.39. The Balaban J connectivity index is 1.68. The van der Waals surface area contributed by atoms with Crippen LogP contribution in [0.2, 0.25) is 10.0 Å². The van der Waals surface area contributed by atoms with Crippen LogP contribution in [0.4, 0.5) is 4.39 Å². The Bertz CT molecular complexity index is 1060. The van der Waals surface area contributed by atoms with Crippen molar-refractivity contribution in [2.45, 2.75) is 13.3 Å². The molecule has 0 fully saturated rings. The highest BCUT2D eigenvalue weighted by atomic mass is 35.5. The Kier molecular flexibility index (Phi) is 5.13. The molecule has 0 N–H and O–H groups in total. The average Bonchev–Trinajstić information content (AvgIpc) is 2.67. The Labute approximate surface area is 172 Å². The molecule has 1 atom stereocenters. The van der Waals surface area contributed by atoms with Crippen LogP contribution in [0.5, 0.6) is 5.75 Å². The highest BCUT2D eigenvalue weighted by molar-refractivity contribution is 6.42. The first-order valence-corrected chi connectivity index (χ1v) is 9.69. The lowest BCUT2D eigenvalue weighted by molar-refractivity contribution is 0.0831. The summed E-state index contributed by atoms with van der Waals surface area (Å²) >= 11 is 12.1. The Morgan fingerprint density at radius 2 is 1.71 bits per heavy atom. The third kappa shape index (κ3) is 3.65. The summed E-state index contributed by atoms with van der Waals surface area (Å²) in [4.78, 5) is 13.2. The number of hydrogen-bond acceptors (Lipinski definition) is 2. The zero-order valence-corrected chi connectivity index (χ0v) is 16.6. The summed E-state index contributed by atoms with van der Waals surface area (Å²) in [7, 11) is 0. The van der Waals surface area contributed by atoms with Crippen molar-refractivity contribution in [3.8, 4) is 16.9 Å². The lowest BCUT2D eigenvalue weighted by Gasteiger charge is -2.27. The number of ketones is 1. The predicted molar refractivity (Wildman–Crippen MR) is 110 cm³/mol. The van der Waals surface area contributed by atoms with Crippen LogP contribution in [0.1, 0.15) is 21.5 Å². The van der Waals surface area contributed by atoms with Crippen molar-refractivity contribution in [1.29, 1.82) is 0 Å². The van der Waals surface area contributed by atoms with Gasteiger partial charge in [0.2, 0.25) is 0 Å². The van der Waals surface area contributed by atoms with Crippen LogP contribution in [-0.4, -0.2) is 12.4 Å². The summed E-state index contributed by atoms with van der Waals surface area (Å²) in [5.41, 5.74) is 4.07. The van der Waals surface area contributed by atoms with Gasteiger partial charge in [0.25, 0.3) is 0 Å². The lowest BCUT2D eigenvalue weighted by atomic mass is 9.86. The molecule has 3 aromatic rings. The molecule has 0 radical (unpaired) electrons. The number of carbonyl (C=O) groups excluding carboxylic acids is 1. The van der Waals surface area contributed by atoms with Crippen molar-refractivity contribution in [1.82, 2.24) is 0 Å². The average molecular weight is 415 g/mol. The van der Waals surface area contributed by atoms with Gasteiger partial charge in [-0.1, -0.05) is 41.4 Å². The summed E-state index contributed by atoms with van der Waals surface area (Å²) in [6.07, 6.45) is 0.523. The van der Waals surface area contributed by atoms with Crippen LogP contribution >= 0.6 is 23.2 Å². The molecular weight excluding hydrogens is 398 g/mol. The Morgan fingerprint density at radius 1 is 1.00 bits per heavy atom. The topological polar surface area (TPSA) is 26.3 Å². The first-order valence-electron chi connectivity index (χ1n) is 8.94. The summed E-state index contributed by atoms with van der Waals surface area (Å²) < 4.78 is 19.3. The molecule has 1 heterocycles. The van der Waals surface area contributed by atoms with Gasteiger partial charge in [-0.3, -0.25) is 4.79 Å². The second kappa shape index (κ2) is 7.57. The Morgan fingerprint density at radius 3 is 2.43 bits per heavy atom. The van der Waals surface area contributed by atoms with Gasteiger partial charge in [0.15, 0.2) is 5.78 Å². The van der Waals surface area contributed by atoms with Crippen LogP contribution in [0.25, 0.3) is 11.1 Å². The van der Waals surface area contributed by atoms with E-state index in [0.29, 0.717) is 27.8 Å². The van der Waals surface area contributed by atoms with Gasteiger partial charge in [0.05, 0.1) is 28.1 Å². The zero-order chi connectivity index (χ0) is 19.8. The first-order chi connectivity index (χ1) is 13.4. The largest absolute Gasteiger partial charge is 0.491 e. The zero-order valence-electron chi connectivity index (χ0n) is 15.1. The lowest BCUT2D eigenvalue weighted by Crippen LogP contribution is -2.30. The molecule has 28 heavy (non-hydrogen) atoms. The molecule has 0 aliphatic carbocycles. The number of hydrogen-bond donors (Lipinski definition) is 0. The third-order valence-corrected chi connectivity index (χ3v) is 5.66. The molecule has 0 spiro atoms. The van der Waals surface area contributed by atoms with Crippen LogP contribution in [0.15, 0.2) is 54.6 Å². The molecule has 0 bridgehead atoms. The van der Waals surface area contributed by atoms with Crippen molar-refractivity contribution < 1.29 is 13.9 Å². The SMILES string of the molecule is Cc1cc2c(c(-c3ccc(F)cc3)c1)OC[C@@H](Cc1ccc(Cl)c(Cl)c1)C2=O. The van der Waals surface area contributed by atoms with Gasteiger partial charge in [-0.2, -0.15) is 0 Å². The highest BCUT2D eigenvalue weighted by Gasteiger charge is 2.31. The summed E-state index contributed by atoms with van der Waals surface area (Å²) in [5.74, 6) is 0.00328. The van der Waals surface area contributed by atoms with Crippen molar-refractivity contribution >= 4 is 29.0 Å². The van der Waals surface area contributed by atoms with Crippen LogP contribution < -0.4 is 4.74 Å². The van der Waals surface area contributed by atoms with Gasteiger partial charge in [-0.05, 0) is 66.4 Å². The molecule has 2 nitrogen and oxygen atoms in total. The van der Waals surface area contributed by atoms with Crippen molar-refractivity contribution in [2.24, 2.45) is 5.92 Å². The van der Waals surface area contributed by atoms with Gasteiger partial charge < -0.3 is 4.74 Å². The maximum absolute atomic E-state index is 13.3. The smallest absolute Gasteiger partial charge is 0.173 e. The van der Waals surface area contributed by atoms with Crippen molar-refractivity contribution in [3.63, 3.8) is 0 Å². The number of carbonyl (C=O) groups is 1. The molecule has 1 aliphatic rings. The molecule has 4 rings (SSSR count). The molecule has 0 aromatic heterocycles. The quantitative estimate of drug-likeness (QED) is 0.486. The third-order valence-electron chi connectivity index (χ3n) is 4.92. The van der Waals surface area contributed by atoms with Crippen molar-refractivity contribution in [2.75, 3.05) is 6.61 Å². The van der Waals surface area contributed by atoms with Crippen LogP contribution in [-0.2, 0) is 6.42 Å². The van der Waals surface area contributed by atoms with E-state index in [9.17, 15) is 9.18 Å². The van der Waals surface area contributed by atoms with E-state index in [2.05, 4.69) is 0 Å². The first kappa shape index (κ1) is 19.0. The standard InChI is InChI=1S/C23H17Cl2FO2/c1-13-8-18(15-3-5-17(26)6-4-15)23-19(9-13)22(27)16(12-28-23)10-14-2-7-20(24)21(25)11-14/h2-9,11,16H,10,12H2,1H3/t16-/m1/s1. The monoisotopic (exact) mass is 414 g/mol. The van der Waals surface area contributed by atoms with Crippen LogP contribution in [0, 0.1) is 18.7 Å². The van der Waals surface area contributed by atoms with E-state index >= 15 is 0 Å². The number of halogens is 3. The van der Waals surface area contributed by atoms with Gasteiger partial charge >= 0.3 is 0 Å². The maximum Gasteiger partial charge on any atom is 0.173 e. The van der Waals surface area contributed by atoms with E-state index in [0.717, 1.165) is 22.3 Å². The molecule has 1 aliphatic heterocycles. The van der Waals surface area contributed by atoms with E-state index < -0.39 is 0 Å². The van der Waals surface area contributed by atoms with Gasteiger partial charge in [0.1, 0.15) is 11.6 Å². The number of benzene rings is 3. The fourth-order valence-electron chi connectivity index (χ4n) is 3.54. The fourth-order valence-corrected chi connectivity index (χ4v) is 3.86. The number of ether oxygens (including phenoxy) is 1. The normalized spacial score (nSPS) is 15.9. The van der Waals surface area contributed by atoms with Crippen molar-refractivity contribution in [3.05, 3.63) is 87.2 Å². The Hall–Kier alpha value is -2.36. The summed E-state index contributed by atoms with van der Waals surface area (Å²) in [5, 5.41) is 0.958. The van der Waals surface area contributed by atoms with E-state index in [4.69, 9.17) is 27.9 Å². The number of rotatable bonds is 3. The summed E-state index contributed by atoms with van der Waals surface area (Å²) in [6, 6.07) is 15.4. The number of aryl methyl sites for hydroxylation is 1. The molecule has 0 saturated carbocycles. The van der Waals surface area contributed by atoms with Gasteiger partial charge in [0, 0.05) is 5.56 Å². The van der Waals surface area contributed by atoms with E-state index in [1.54, 1.807) is 24.3 Å². The molecule has 0 saturated heterocycles. The number of fused-ring (bicyclic) bond motifs is 1. The minimum atomic E-state index is -0.302. The molecular formula is C23H17Cl2FO2. The predicted octanol–water partition coefficient (Wildman–Crippen LogP) is 6.54. The van der Waals surface area contributed by atoms with E-state index in [1.165, 1.54) is 12.1 Å². The van der Waals surface area contributed by atoms with Gasteiger partial charge in [-0.25, -0.2) is 4.39 Å². The molecule has 0 unspecified atom stereocenters. The minimum Gasteiger partial charge on any atom is -0.491 e. The maximum atomic E-state index is 13.3. The van der Waals surface area contributed by atoms with Crippen LogP contribution in [0.3, 0.4) is 0 Å². The van der Waals surface area contributed by atoms with Gasteiger partial charge in [-0.15, -0.1) is 0 Å². The molecule has 5 heteroatoms. The summed E-state index contributed by atoms with van der Waals surface area (Å²) in [6.45, 7) is 2.21. The van der Waals surface area contributed by atoms with E-state index in [-0.39, 0.29) is 24.1 Å². The fraction of sp³-hybridized carbons (Fsp3) is 0.174.